The summed E-state index contributed by atoms with van der Waals surface area (Å²) in [5, 5.41) is 0. The lowest BCUT2D eigenvalue weighted by atomic mass is 10.1. The van der Waals surface area contributed by atoms with Gasteiger partial charge in [0.25, 0.3) is 0 Å². The number of hydrogen-bond donors (Lipinski definition) is 1. The van der Waals surface area contributed by atoms with Crippen LogP contribution in [0.3, 0.4) is 0 Å². The molecule has 2 aromatic carbocycles. The highest BCUT2D eigenvalue weighted by molar-refractivity contribution is 5.89. The predicted octanol–water partition coefficient (Wildman–Crippen LogP) is 4.81. The molecule has 0 atom stereocenters. The van der Waals surface area contributed by atoms with E-state index in [1.165, 1.54) is 0 Å². The molecule has 2 heterocycles. The van der Waals surface area contributed by atoms with E-state index < -0.39 is 0 Å². The van der Waals surface area contributed by atoms with E-state index in [4.69, 9.17) is 15.0 Å². The van der Waals surface area contributed by atoms with Crippen LogP contribution in [0.1, 0.15) is 25.6 Å². The van der Waals surface area contributed by atoms with E-state index in [-0.39, 0.29) is 0 Å². The van der Waals surface area contributed by atoms with Gasteiger partial charge in [-0.3, -0.25) is 0 Å². The van der Waals surface area contributed by atoms with Gasteiger partial charge in [0.2, 0.25) is 0 Å². The van der Waals surface area contributed by atoms with E-state index in [1.54, 1.807) is 0 Å². The molecule has 0 amide bonds. The third kappa shape index (κ3) is 2.56. The van der Waals surface area contributed by atoms with Crippen LogP contribution in [0.4, 0.5) is 0 Å². The second-order valence-electron chi connectivity index (χ2n) is 6.10. The molecule has 4 rings (SSSR count). The Labute approximate surface area is 140 Å². The van der Waals surface area contributed by atoms with E-state index in [9.17, 15) is 0 Å². The smallest absolute Gasteiger partial charge is 0.162 e. The van der Waals surface area contributed by atoms with Gasteiger partial charge in [0.1, 0.15) is 17.0 Å². The Bertz CT molecular complexity index is 973. The predicted molar refractivity (Wildman–Crippen MR) is 96.6 cm³/mol. The molecule has 0 aliphatic heterocycles. The number of nitrogens with one attached hydrogen (secondary N) is 1. The Balaban J connectivity index is 2.00. The Morgan fingerprint density at radius 2 is 1.38 bits per heavy atom. The van der Waals surface area contributed by atoms with Crippen molar-refractivity contribution in [1.29, 1.82) is 0 Å². The lowest BCUT2D eigenvalue weighted by Gasteiger charge is -2.05. The van der Waals surface area contributed by atoms with E-state index in [0.29, 0.717) is 11.7 Å². The van der Waals surface area contributed by atoms with Crippen LogP contribution in [0.5, 0.6) is 0 Å². The Kier molecular flexibility index (Phi) is 3.58. The zero-order valence-corrected chi connectivity index (χ0v) is 13.7. The first-order chi connectivity index (χ1) is 11.7. The highest BCUT2D eigenvalue weighted by Crippen LogP contribution is 2.28. The first-order valence-corrected chi connectivity index (χ1v) is 8.11. The second-order valence-corrected chi connectivity index (χ2v) is 6.10. The normalized spacial score (nSPS) is 11.3. The van der Waals surface area contributed by atoms with Gasteiger partial charge in [0.05, 0.1) is 0 Å². The number of aromatic amines is 1. The van der Waals surface area contributed by atoms with E-state index in [0.717, 1.165) is 33.8 Å². The summed E-state index contributed by atoms with van der Waals surface area (Å²) in [5.74, 6) is 1.95. The number of rotatable bonds is 3. The summed E-state index contributed by atoms with van der Waals surface area (Å²) >= 11 is 0. The quantitative estimate of drug-likeness (QED) is 0.590. The van der Waals surface area contributed by atoms with Gasteiger partial charge < -0.3 is 4.98 Å². The maximum atomic E-state index is 4.82. The van der Waals surface area contributed by atoms with Crippen molar-refractivity contribution in [2.45, 2.75) is 19.8 Å². The Hall–Kier alpha value is -3.01. The van der Waals surface area contributed by atoms with Gasteiger partial charge in [-0.2, -0.15) is 0 Å². The van der Waals surface area contributed by atoms with Crippen molar-refractivity contribution >= 4 is 11.2 Å². The molecule has 1 N–H and O–H groups in total. The minimum Gasteiger partial charge on any atom is -0.326 e. The third-order valence-electron chi connectivity index (χ3n) is 3.99. The van der Waals surface area contributed by atoms with Crippen molar-refractivity contribution in [1.82, 2.24) is 19.9 Å². The van der Waals surface area contributed by atoms with E-state index in [1.807, 2.05) is 48.5 Å². The number of nitrogens with zero attached hydrogens (tertiary/aromatic N) is 3. The van der Waals surface area contributed by atoms with Crippen LogP contribution in [-0.2, 0) is 0 Å². The molecule has 0 aliphatic rings. The third-order valence-corrected chi connectivity index (χ3v) is 3.99. The largest absolute Gasteiger partial charge is 0.326 e. The number of imidazole rings is 1. The summed E-state index contributed by atoms with van der Waals surface area (Å²) in [6.07, 6.45) is 0. The molecule has 0 radical (unpaired) electrons. The SMILES string of the molecule is CC(C)c1nc2c(-c3ccccc3)nc(-c3ccccc3)nc2[nH]1. The van der Waals surface area contributed by atoms with Gasteiger partial charge in [-0.25, -0.2) is 15.0 Å². The maximum Gasteiger partial charge on any atom is 0.162 e. The van der Waals surface area contributed by atoms with Crippen LogP contribution < -0.4 is 0 Å². The molecule has 4 aromatic rings. The van der Waals surface area contributed by atoms with Crippen molar-refractivity contribution < 1.29 is 0 Å². The van der Waals surface area contributed by atoms with Crippen molar-refractivity contribution in [2.24, 2.45) is 0 Å². The fraction of sp³-hybridized carbons (Fsp3) is 0.150. The highest BCUT2D eigenvalue weighted by atomic mass is 15.0. The average Bonchev–Trinajstić information content (AvgIpc) is 3.07. The summed E-state index contributed by atoms with van der Waals surface area (Å²) in [7, 11) is 0. The molecule has 0 aliphatic carbocycles. The van der Waals surface area contributed by atoms with Crippen LogP contribution in [-0.4, -0.2) is 19.9 Å². The molecule has 0 unspecified atom stereocenters. The monoisotopic (exact) mass is 314 g/mol. The minimum absolute atomic E-state index is 0.308. The molecule has 4 heteroatoms. The number of fused-ring (bicyclic) bond motifs is 1. The number of aromatic nitrogens is 4. The van der Waals surface area contributed by atoms with Gasteiger partial charge >= 0.3 is 0 Å². The van der Waals surface area contributed by atoms with Gasteiger partial charge in [-0.15, -0.1) is 0 Å². The fourth-order valence-electron chi connectivity index (χ4n) is 2.70. The first kappa shape index (κ1) is 14.6. The number of benzene rings is 2. The number of H-pyrrole nitrogens is 1. The Morgan fingerprint density at radius 1 is 0.750 bits per heavy atom. The molecular formula is C20H18N4. The molecule has 4 nitrogen and oxygen atoms in total. The van der Waals surface area contributed by atoms with Gasteiger partial charge in [-0.1, -0.05) is 74.5 Å². The molecule has 0 saturated carbocycles. The lowest BCUT2D eigenvalue weighted by Crippen LogP contribution is -1.94. The van der Waals surface area contributed by atoms with Crippen LogP contribution in [0, 0.1) is 0 Å². The molecule has 0 bridgehead atoms. The zero-order valence-electron chi connectivity index (χ0n) is 13.7. The van der Waals surface area contributed by atoms with Crippen LogP contribution in [0.2, 0.25) is 0 Å². The van der Waals surface area contributed by atoms with Crippen LogP contribution in [0.25, 0.3) is 33.8 Å². The molecule has 2 aromatic heterocycles. The standard InChI is InChI=1S/C20H18N4/c1-13(2)18-22-17-16(14-9-5-3-6-10-14)21-19(24-20(17)23-18)15-11-7-4-8-12-15/h3-13H,1-2H3,(H,21,22,23,24). The number of hydrogen-bond acceptors (Lipinski definition) is 3. The molecule has 0 saturated heterocycles. The van der Waals surface area contributed by atoms with Crippen molar-refractivity contribution in [3.63, 3.8) is 0 Å². The Morgan fingerprint density at radius 3 is 2.00 bits per heavy atom. The summed E-state index contributed by atoms with van der Waals surface area (Å²) in [6.45, 7) is 4.23. The molecule has 0 spiro atoms. The van der Waals surface area contributed by atoms with Crippen LogP contribution in [0.15, 0.2) is 60.7 Å². The van der Waals surface area contributed by atoms with E-state index in [2.05, 4.69) is 31.0 Å². The van der Waals surface area contributed by atoms with Crippen molar-refractivity contribution in [3.05, 3.63) is 66.5 Å². The summed E-state index contributed by atoms with van der Waals surface area (Å²) < 4.78 is 0. The minimum atomic E-state index is 0.308. The van der Waals surface area contributed by atoms with Crippen molar-refractivity contribution in [3.8, 4) is 22.6 Å². The molecule has 24 heavy (non-hydrogen) atoms. The highest BCUT2D eigenvalue weighted by Gasteiger charge is 2.16. The first-order valence-electron chi connectivity index (χ1n) is 8.11. The summed E-state index contributed by atoms with van der Waals surface area (Å²) in [4.78, 5) is 17.6. The second kappa shape index (κ2) is 5.89. The topological polar surface area (TPSA) is 54.5 Å². The average molecular weight is 314 g/mol. The van der Waals surface area contributed by atoms with E-state index >= 15 is 0 Å². The van der Waals surface area contributed by atoms with Gasteiger partial charge in [0.15, 0.2) is 11.5 Å². The van der Waals surface area contributed by atoms with Crippen LogP contribution >= 0.6 is 0 Å². The van der Waals surface area contributed by atoms with Gasteiger partial charge in [-0.05, 0) is 0 Å². The molecule has 118 valence electrons. The molecular weight excluding hydrogens is 296 g/mol. The lowest BCUT2D eigenvalue weighted by molar-refractivity contribution is 0.798. The van der Waals surface area contributed by atoms with Gasteiger partial charge in [0, 0.05) is 17.0 Å². The molecule has 0 fully saturated rings. The zero-order chi connectivity index (χ0) is 16.5. The fourth-order valence-corrected chi connectivity index (χ4v) is 2.70. The summed E-state index contributed by atoms with van der Waals surface area (Å²) in [5.41, 5.74) is 4.51. The van der Waals surface area contributed by atoms with Crippen molar-refractivity contribution in [2.75, 3.05) is 0 Å². The maximum absolute atomic E-state index is 4.82. The summed E-state index contributed by atoms with van der Waals surface area (Å²) in [6, 6.07) is 20.2.